The summed E-state index contributed by atoms with van der Waals surface area (Å²) in [4.78, 5) is 31.0. The fourth-order valence-corrected chi connectivity index (χ4v) is 4.31. The molecular weight excluding hydrogens is 306 g/mol. The lowest BCUT2D eigenvalue weighted by molar-refractivity contribution is -0.140. The van der Waals surface area contributed by atoms with E-state index in [9.17, 15) is 14.9 Å². The summed E-state index contributed by atoms with van der Waals surface area (Å²) in [6.45, 7) is 14.0. The molecule has 2 unspecified atom stereocenters. The van der Waals surface area contributed by atoms with Crippen LogP contribution in [0.2, 0.25) is 0 Å². The average Bonchev–Trinajstić information content (AvgIpc) is 2.49. The number of nitriles is 1. The molecule has 1 heterocycles. The van der Waals surface area contributed by atoms with Crippen LogP contribution in [-0.2, 0) is 9.53 Å². The molecule has 0 bridgehead atoms. The highest BCUT2D eigenvalue weighted by Crippen LogP contribution is 2.54. The summed E-state index contributed by atoms with van der Waals surface area (Å²) in [6, 6.07) is 2.12. The van der Waals surface area contributed by atoms with E-state index in [1.807, 2.05) is 34.6 Å². The van der Waals surface area contributed by atoms with Gasteiger partial charge in [-0.1, -0.05) is 13.8 Å². The van der Waals surface area contributed by atoms with Gasteiger partial charge in [-0.15, -0.1) is 0 Å². The van der Waals surface area contributed by atoms with Crippen LogP contribution in [0.5, 0.6) is 0 Å². The molecule has 132 valence electrons. The van der Waals surface area contributed by atoms with E-state index in [2.05, 4.69) is 17.8 Å². The molecule has 0 spiro atoms. The summed E-state index contributed by atoms with van der Waals surface area (Å²) in [6.07, 6.45) is 0.585. The molecule has 2 rings (SSSR count). The topological polar surface area (TPSA) is 82.8 Å². The van der Waals surface area contributed by atoms with Crippen LogP contribution in [-0.4, -0.2) is 47.7 Å². The standard InChI is InChI=1S/C18H27N3O3/c1-12-14(22)13(10-19)9-17(5)11-21(8-7-18(12,17)20-6)15(23)24-16(2,3)4/h12-13H,6-9,11H2,1-5H3/t12-,13?,17?,18-/m1/s1. The fourth-order valence-electron chi connectivity index (χ4n) is 4.31. The van der Waals surface area contributed by atoms with Crippen LogP contribution in [0, 0.1) is 28.6 Å². The van der Waals surface area contributed by atoms with E-state index in [0.29, 0.717) is 25.9 Å². The molecular formula is C18H27N3O3. The molecule has 4 atom stereocenters. The SMILES string of the molecule is C=N[C@@]12CCN(C(=O)OC(C)(C)C)CC1(C)CC(C#N)C(=O)[C@H]2C. The molecule has 1 aliphatic carbocycles. The van der Waals surface area contributed by atoms with Crippen molar-refractivity contribution >= 4 is 18.6 Å². The van der Waals surface area contributed by atoms with Gasteiger partial charge in [0.1, 0.15) is 11.5 Å². The highest BCUT2D eigenvalue weighted by atomic mass is 16.6. The van der Waals surface area contributed by atoms with Crippen molar-refractivity contribution < 1.29 is 14.3 Å². The molecule has 24 heavy (non-hydrogen) atoms. The summed E-state index contributed by atoms with van der Waals surface area (Å²) < 4.78 is 5.48. The maximum atomic E-state index is 12.5. The first-order valence-electron chi connectivity index (χ1n) is 8.39. The zero-order valence-electron chi connectivity index (χ0n) is 15.3. The molecule has 1 saturated carbocycles. The number of rotatable bonds is 1. The Morgan fingerprint density at radius 1 is 1.50 bits per heavy atom. The second-order valence-electron chi connectivity index (χ2n) is 8.30. The van der Waals surface area contributed by atoms with Crippen molar-refractivity contribution in [3.8, 4) is 6.07 Å². The van der Waals surface area contributed by atoms with Crippen LogP contribution in [0.1, 0.15) is 47.5 Å². The van der Waals surface area contributed by atoms with Crippen molar-refractivity contribution in [3.05, 3.63) is 0 Å². The number of carbonyl (C=O) groups excluding carboxylic acids is 2. The monoisotopic (exact) mass is 333 g/mol. The Hall–Kier alpha value is -1.90. The van der Waals surface area contributed by atoms with Crippen LogP contribution in [0.3, 0.4) is 0 Å². The number of carbonyl (C=O) groups is 2. The van der Waals surface area contributed by atoms with Gasteiger partial charge in [-0.25, -0.2) is 4.79 Å². The quantitative estimate of drug-likeness (QED) is 0.691. The van der Waals surface area contributed by atoms with E-state index in [0.717, 1.165) is 0 Å². The Morgan fingerprint density at radius 3 is 2.62 bits per heavy atom. The minimum Gasteiger partial charge on any atom is -0.444 e. The molecule has 0 N–H and O–H groups in total. The number of hydrogen-bond acceptors (Lipinski definition) is 5. The minimum atomic E-state index is -0.654. The summed E-state index contributed by atoms with van der Waals surface area (Å²) in [5.74, 6) is -1.09. The highest BCUT2D eigenvalue weighted by molar-refractivity contribution is 5.88. The molecule has 1 aliphatic heterocycles. The van der Waals surface area contributed by atoms with E-state index < -0.39 is 22.5 Å². The van der Waals surface area contributed by atoms with E-state index in [4.69, 9.17) is 4.74 Å². The zero-order chi connectivity index (χ0) is 18.3. The summed E-state index contributed by atoms with van der Waals surface area (Å²) in [5.41, 5.74) is -1.66. The maximum Gasteiger partial charge on any atom is 0.410 e. The van der Waals surface area contributed by atoms with Gasteiger partial charge in [0.2, 0.25) is 0 Å². The first-order valence-corrected chi connectivity index (χ1v) is 8.39. The van der Waals surface area contributed by atoms with Crippen molar-refractivity contribution in [2.24, 2.45) is 22.2 Å². The van der Waals surface area contributed by atoms with Gasteiger partial charge in [-0.2, -0.15) is 5.26 Å². The molecule has 1 amide bonds. The van der Waals surface area contributed by atoms with Crippen LogP contribution in [0.25, 0.3) is 0 Å². The number of ketones is 1. The molecule has 0 radical (unpaired) electrons. The van der Waals surface area contributed by atoms with E-state index in [-0.39, 0.29) is 17.8 Å². The van der Waals surface area contributed by atoms with Crippen molar-refractivity contribution in [2.75, 3.05) is 13.1 Å². The Morgan fingerprint density at radius 2 is 2.12 bits per heavy atom. The first-order chi connectivity index (χ1) is 11.0. The van der Waals surface area contributed by atoms with E-state index in [1.165, 1.54) is 0 Å². The normalized spacial score (nSPS) is 36.5. The Kier molecular flexibility index (Phi) is 4.51. The van der Waals surface area contributed by atoms with Crippen molar-refractivity contribution in [1.29, 1.82) is 5.26 Å². The number of nitrogens with zero attached hydrogens (tertiary/aromatic N) is 3. The van der Waals surface area contributed by atoms with Crippen molar-refractivity contribution in [2.45, 2.75) is 58.6 Å². The average molecular weight is 333 g/mol. The van der Waals surface area contributed by atoms with Gasteiger partial charge < -0.3 is 9.64 Å². The van der Waals surface area contributed by atoms with Gasteiger partial charge in [-0.05, 0) is 40.3 Å². The second kappa shape index (κ2) is 5.87. The lowest BCUT2D eigenvalue weighted by Gasteiger charge is -2.58. The summed E-state index contributed by atoms with van der Waals surface area (Å²) >= 11 is 0. The van der Waals surface area contributed by atoms with Gasteiger partial charge in [0.15, 0.2) is 5.78 Å². The number of amides is 1. The third-order valence-electron chi connectivity index (χ3n) is 5.58. The Balaban J connectivity index is 2.32. The van der Waals surface area contributed by atoms with Gasteiger partial charge in [-0.3, -0.25) is 9.79 Å². The number of aliphatic imine (C=N–C) groups is 1. The molecule has 6 nitrogen and oxygen atoms in total. The molecule has 0 aromatic heterocycles. The lowest BCUT2D eigenvalue weighted by atomic mass is 9.52. The fraction of sp³-hybridized carbons (Fsp3) is 0.778. The van der Waals surface area contributed by atoms with Gasteiger partial charge in [0, 0.05) is 24.4 Å². The lowest BCUT2D eigenvalue weighted by Crippen LogP contribution is -2.66. The van der Waals surface area contributed by atoms with E-state index >= 15 is 0 Å². The highest BCUT2D eigenvalue weighted by Gasteiger charge is 2.61. The van der Waals surface area contributed by atoms with Gasteiger partial charge in [0.05, 0.1) is 11.6 Å². The number of Topliss-reactive ketones (excluding diaryl/α,β-unsaturated/α-hetero) is 1. The number of piperidine rings is 1. The predicted octanol–water partition coefficient (Wildman–Crippen LogP) is 2.82. The number of fused-ring (bicyclic) bond motifs is 1. The molecule has 0 aromatic rings. The number of likely N-dealkylation sites (tertiary alicyclic amines) is 1. The second-order valence-corrected chi connectivity index (χ2v) is 8.30. The van der Waals surface area contributed by atoms with Gasteiger partial charge >= 0.3 is 6.09 Å². The summed E-state index contributed by atoms with van der Waals surface area (Å²) in [7, 11) is 0. The van der Waals surface area contributed by atoms with Crippen molar-refractivity contribution in [3.63, 3.8) is 0 Å². The third-order valence-corrected chi connectivity index (χ3v) is 5.58. The van der Waals surface area contributed by atoms with Crippen LogP contribution in [0.4, 0.5) is 4.79 Å². The van der Waals surface area contributed by atoms with Gasteiger partial charge in [0.25, 0.3) is 0 Å². The first kappa shape index (κ1) is 18.4. The smallest absolute Gasteiger partial charge is 0.410 e. The molecule has 2 aliphatic rings. The largest absolute Gasteiger partial charge is 0.444 e. The Labute approximate surface area is 143 Å². The van der Waals surface area contributed by atoms with Crippen molar-refractivity contribution in [1.82, 2.24) is 4.90 Å². The number of hydrogen-bond donors (Lipinski definition) is 0. The van der Waals surface area contributed by atoms with E-state index in [1.54, 1.807) is 4.90 Å². The molecule has 6 heteroatoms. The Bertz CT molecular complexity index is 604. The zero-order valence-corrected chi connectivity index (χ0v) is 15.3. The predicted molar refractivity (Wildman–Crippen MR) is 90.7 cm³/mol. The maximum absolute atomic E-state index is 12.5. The molecule has 0 aromatic carbocycles. The summed E-state index contributed by atoms with van der Waals surface area (Å²) in [5, 5.41) is 9.35. The van der Waals surface area contributed by atoms with Crippen LogP contribution in [0.15, 0.2) is 4.99 Å². The van der Waals surface area contributed by atoms with Crippen LogP contribution >= 0.6 is 0 Å². The third kappa shape index (κ3) is 2.81. The molecule has 2 fully saturated rings. The number of ether oxygens (including phenoxy) is 1. The minimum absolute atomic E-state index is 0.0620. The molecule has 1 saturated heterocycles. The van der Waals surface area contributed by atoms with Crippen LogP contribution < -0.4 is 0 Å².